The molecule has 1 unspecified atom stereocenters. The molecule has 2 rings (SSSR count). The molecule has 2 N–H and O–H groups in total. The molecule has 18 heavy (non-hydrogen) atoms. The second kappa shape index (κ2) is 5.26. The molecule has 0 aromatic carbocycles. The van der Waals surface area contributed by atoms with Gasteiger partial charge in [0.15, 0.2) is 0 Å². The molecule has 102 valence electrons. The van der Waals surface area contributed by atoms with Crippen LogP contribution < -0.4 is 5.32 Å². The summed E-state index contributed by atoms with van der Waals surface area (Å²) >= 11 is 0. The third-order valence-electron chi connectivity index (χ3n) is 4.38. The fourth-order valence-electron chi connectivity index (χ4n) is 3.05. The zero-order valence-electron chi connectivity index (χ0n) is 10.9. The van der Waals surface area contributed by atoms with Crippen molar-refractivity contribution in [3.8, 4) is 0 Å². The second-order valence-corrected chi connectivity index (χ2v) is 5.43. The van der Waals surface area contributed by atoms with Gasteiger partial charge in [-0.3, -0.25) is 9.59 Å². The van der Waals surface area contributed by atoms with Gasteiger partial charge in [-0.05, 0) is 44.7 Å². The number of amides is 1. The van der Waals surface area contributed by atoms with E-state index in [9.17, 15) is 9.59 Å². The van der Waals surface area contributed by atoms with E-state index in [2.05, 4.69) is 5.32 Å². The van der Waals surface area contributed by atoms with E-state index >= 15 is 0 Å². The van der Waals surface area contributed by atoms with Crippen LogP contribution in [0, 0.1) is 11.3 Å². The maximum Gasteiger partial charge on any atom is 0.305 e. The maximum absolute atomic E-state index is 12.3. The summed E-state index contributed by atoms with van der Waals surface area (Å²) in [6.45, 7) is 4.87. The predicted octanol–water partition coefficient (Wildman–Crippen LogP) is 0.699. The fourth-order valence-corrected chi connectivity index (χ4v) is 3.05. The van der Waals surface area contributed by atoms with Crippen molar-refractivity contribution in [2.24, 2.45) is 11.3 Å². The fraction of sp³-hybridized carbons (Fsp3) is 0.846. The highest BCUT2D eigenvalue weighted by atomic mass is 16.4. The van der Waals surface area contributed by atoms with Crippen molar-refractivity contribution in [3.05, 3.63) is 0 Å². The minimum absolute atomic E-state index is 0.0425. The topological polar surface area (TPSA) is 69.6 Å². The lowest BCUT2D eigenvalue weighted by Crippen LogP contribution is -2.37. The molecule has 1 spiro atoms. The van der Waals surface area contributed by atoms with Crippen LogP contribution in [0.1, 0.15) is 32.6 Å². The molecule has 1 saturated carbocycles. The highest BCUT2D eigenvalue weighted by molar-refractivity contribution is 5.83. The van der Waals surface area contributed by atoms with Crippen molar-refractivity contribution < 1.29 is 14.7 Å². The lowest BCUT2D eigenvalue weighted by atomic mass is 9.91. The van der Waals surface area contributed by atoms with Crippen LogP contribution in [0.5, 0.6) is 0 Å². The Morgan fingerprint density at radius 2 is 2.06 bits per heavy atom. The maximum atomic E-state index is 12.3. The van der Waals surface area contributed by atoms with E-state index in [1.165, 1.54) is 0 Å². The van der Waals surface area contributed by atoms with Crippen LogP contribution in [-0.4, -0.2) is 48.1 Å². The SMILES string of the molecule is CCN(CCC(=O)O)C(=O)C1CC12CCNCC2. The van der Waals surface area contributed by atoms with E-state index < -0.39 is 5.97 Å². The molecule has 2 aliphatic rings. The third-order valence-corrected chi connectivity index (χ3v) is 4.38. The lowest BCUT2D eigenvalue weighted by molar-refractivity contribution is -0.139. The van der Waals surface area contributed by atoms with Gasteiger partial charge in [0.2, 0.25) is 5.91 Å². The second-order valence-electron chi connectivity index (χ2n) is 5.43. The molecule has 2 fully saturated rings. The molecule has 0 aromatic rings. The van der Waals surface area contributed by atoms with Crippen molar-refractivity contribution >= 4 is 11.9 Å². The van der Waals surface area contributed by atoms with Crippen molar-refractivity contribution in [2.75, 3.05) is 26.2 Å². The number of carbonyl (C=O) groups is 2. The Kier molecular flexibility index (Phi) is 3.90. The first-order chi connectivity index (χ1) is 8.59. The monoisotopic (exact) mass is 254 g/mol. The molecule has 1 aliphatic carbocycles. The smallest absolute Gasteiger partial charge is 0.305 e. The predicted molar refractivity (Wildman–Crippen MR) is 67.2 cm³/mol. The molecule has 5 nitrogen and oxygen atoms in total. The molecular formula is C13H22N2O3. The highest BCUT2D eigenvalue weighted by Gasteiger charge is 2.58. The Labute approximate surface area is 108 Å². The molecule has 0 radical (unpaired) electrons. The summed E-state index contributed by atoms with van der Waals surface area (Å²) < 4.78 is 0. The lowest BCUT2D eigenvalue weighted by Gasteiger charge is -2.26. The number of carboxylic acid groups (broad SMARTS) is 1. The average Bonchev–Trinajstić information content (AvgIpc) is 3.04. The van der Waals surface area contributed by atoms with Gasteiger partial charge in [0.05, 0.1) is 6.42 Å². The number of hydrogen-bond donors (Lipinski definition) is 2. The number of hydrogen-bond acceptors (Lipinski definition) is 3. The van der Waals surface area contributed by atoms with E-state index in [0.717, 1.165) is 32.4 Å². The number of piperidine rings is 1. The van der Waals surface area contributed by atoms with Gasteiger partial charge in [-0.15, -0.1) is 0 Å². The normalized spacial score (nSPS) is 24.8. The minimum atomic E-state index is -0.839. The minimum Gasteiger partial charge on any atom is -0.481 e. The van der Waals surface area contributed by atoms with Gasteiger partial charge < -0.3 is 15.3 Å². The Morgan fingerprint density at radius 1 is 1.39 bits per heavy atom. The number of rotatable bonds is 5. The van der Waals surface area contributed by atoms with Gasteiger partial charge in [0, 0.05) is 19.0 Å². The van der Waals surface area contributed by atoms with Crippen LogP contribution in [0.2, 0.25) is 0 Å². The number of carboxylic acids is 1. The van der Waals surface area contributed by atoms with Gasteiger partial charge in [0.1, 0.15) is 0 Å². The van der Waals surface area contributed by atoms with E-state index in [4.69, 9.17) is 5.11 Å². The third kappa shape index (κ3) is 2.66. The van der Waals surface area contributed by atoms with Crippen molar-refractivity contribution in [3.63, 3.8) is 0 Å². The van der Waals surface area contributed by atoms with Gasteiger partial charge in [-0.2, -0.15) is 0 Å². The van der Waals surface area contributed by atoms with Gasteiger partial charge in [-0.25, -0.2) is 0 Å². The number of aliphatic carboxylic acids is 1. The molecule has 0 aromatic heterocycles. The first kappa shape index (κ1) is 13.3. The Hall–Kier alpha value is -1.10. The van der Waals surface area contributed by atoms with Gasteiger partial charge >= 0.3 is 5.97 Å². The number of nitrogens with one attached hydrogen (secondary N) is 1. The van der Waals surface area contributed by atoms with E-state index in [1.54, 1.807) is 4.90 Å². The average molecular weight is 254 g/mol. The first-order valence-electron chi connectivity index (χ1n) is 6.80. The molecule has 1 saturated heterocycles. The zero-order chi connectivity index (χ0) is 13.2. The molecular weight excluding hydrogens is 232 g/mol. The summed E-state index contributed by atoms with van der Waals surface area (Å²) in [5, 5.41) is 12.0. The molecule has 1 amide bonds. The molecule has 1 aliphatic heterocycles. The Balaban J connectivity index is 1.88. The van der Waals surface area contributed by atoms with Gasteiger partial charge in [-0.1, -0.05) is 0 Å². The van der Waals surface area contributed by atoms with Crippen molar-refractivity contribution in [1.82, 2.24) is 10.2 Å². The highest BCUT2D eigenvalue weighted by Crippen LogP contribution is 2.59. The van der Waals surface area contributed by atoms with Crippen LogP contribution in [0.25, 0.3) is 0 Å². The molecule has 1 atom stereocenters. The van der Waals surface area contributed by atoms with Crippen LogP contribution in [0.3, 0.4) is 0 Å². The van der Waals surface area contributed by atoms with E-state index in [1.807, 2.05) is 6.92 Å². The van der Waals surface area contributed by atoms with Crippen molar-refractivity contribution in [1.29, 1.82) is 0 Å². The molecule has 0 bridgehead atoms. The largest absolute Gasteiger partial charge is 0.481 e. The molecule has 5 heteroatoms. The first-order valence-corrected chi connectivity index (χ1v) is 6.80. The number of carbonyl (C=O) groups excluding carboxylic acids is 1. The summed E-state index contributed by atoms with van der Waals surface area (Å²) in [4.78, 5) is 24.6. The van der Waals surface area contributed by atoms with E-state index in [-0.39, 0.29) is 23.7 Å². The van der Waals surface area contributed by atoms with Crippen LogP contribution in [0.4, 0.5) is 0 Å². The van der Waals surface area contributed by atoms with Crippen LogP contribution in [-0.2, 0) is 9.59 Å². The van der Waals surface area contributed by atoms with Crippen LogP contribution in [0.15, 0.2) is 0 Å². The Bertz CT molecular complexity index is 337. The zero-order valence-corrected chi connectivity index (χ0v) is 10.9. The van der Waals surface area contributed by atoms with Gasteiger partial charge in [0.25, 0.3) is 0 Å². The quantitative estimate of drug-likeness (QED) is 0.757. The molecule has 1 heterocycles. The van der Waals surface area contributed by atoms with E-state index in [0.29, 0.717) is 13.1 Å². The summed E-state index contributed by atoms with van der Waals surface area (Å²) in [6.07, 6.45) is 3.21. The summed E-state index contributed by atoms with van der Waals surface area (Å²) in [5.41, 5.74) is 0.235. The Morgan fingerprint density at radius 3 is 2.61 bits per heavy atom. The number of nitrogens with zero attached hydrogens (tertiary/aromatic N) is 1. The van der Waals surface area contributed by atoms with Crippen molar-refractivity contribution in [2.45, 2.75) is 32.6 Å². The summed E-state index contributed by atoms with van der Waals surface area (Å²) in [5.74, 6) is -0.525. The summed E-state index contributed by atoms with van der Waals surface area (Å²) in [7, 11) is 0. The van der Waals surface area contributed by atoms with Crippen LogP contribution >= 0.6 is 0 Å². The standard InChI is InChI=1S/C13H22N2O3/c1-2-15(8-3-11(16)17)12(18)10-9-13(10)4-6-14-7-5-13/h10,14H,2-9H2,1H3,(H,16,17). The summed E-state index contributed by atoms with van der Waals surface area (Å²) in [6, 6.07) is 0.